The molecule has 0 saturated heterocycles. The van der Waals surface area contributed by atoms with Crippen LogP contribution in [0.3, 0.4) is 0 Å². The molecular formula is C15H18N2O2S. The van der Waals surface area contributed by atoms with Crippen molar-refractivity contribution in [3.05, 3.63) is 48.3 Å². The first-order chi connectivity index (χ1) is 9.68. The molecule has 1 aliphatic carbocycles. The second-order valence-electron chi connectivity index (χ2n) is 5.29. The normalized spacial score (nSPS) is 17.2. The van der Waals surface area contributed by atoms with E-state index in [1.54, 1.807) is 18.2 Å². The molecule has 4 nitrogen and oxygen atoms in total. The number of hydrogen-bond donors (Lipinski definition) is 0. The van der Waals surface area contributed by atoms with Crippen molar-refractivity contribution in [1.82, 2.24) is 9.19 Å². The molecule has 0 aliphatic heterocycles. The number of benzene rings is 1. The highest BCUT2D eigenvalue weighted by Crippen LogP contribution is 2.32. The zero-order chi connectivity index (χ0) is 14.0. The van der Waals surface area contributed by atoms with Gasteiger partial charge in [-0.1, -0.05) is 31.4 Å². The van der Waals surface area contributed by atoms with Crippen molar-refractivity contribution in [3.63, 3.8) is 0 Å². The molecule has 2 aromatic rings. The van der Waals surface area contributed by atoms with Gasteiger partial charge in [-0.15, -0.1) is 0 Å². The largest absolute Gasteiger partial charge is 0.282 e. The smallest absolute Gasteiger partial charge is 0.199 e. The number of rotatable bonds is 3. The van der Waals surface area contributed by atoms with Crippen LogP contribution in [-0.4, -0.2) is 17.6 Å². The lowest BCUT2D eigenvalue weighted by molar-refractivity contribution is 0.443. The highest BCUT2D eigenvalue weighted by atomic mass is 32.2. The maximum Gasteiger partial charge on any atom is 0.282 e. The highest BCUT2D eigenvalue weighted by molar-refractivity contribution is 7.89. The molecule has 3 rings (SSSR count). The summed E-state index contributed by atoms with van der Waals surface area (Å²) in [5, 5.41) is 3.81. The second kappa shape index (κ2) is 5.40. The van der Waals surface area contributed by atoms with E-state index in [0.29, 0.717) is 10.8 Å². The summed E-state index contributed by atoms with van der Waals surface area (Å²) in [4.78, 5) is 0.292. The lowest BCUT2D eigenvalue weighted by atomic mass is 9.84. The summed E-state index contributed by atoms with van der Waals surface area (Å²) in [5.74, 6) is 0.588. The monoisotopic (exact) mass is 290 g/mol. The summed E-state index contributed by atoms with van der Waals surface area (Å²) in [6, 6.07) is 8.90. The van der Waals surface area contributed by atoms with Gasteiger partial charge in [0.15, 0.2) is 0 Å². The summed E-state index contributed by atoms with van der Waals surface area (Å²) in [7, 11) is -3.54. The van der Waals surface area contributed by atoms with Gasteiger partial charge in [0.1, 0.15) is 0 Å². The average Bonchev–Trinajstić information content (AvgIpc) is 3.03. The van der Waals surface area contributed by atoms with Gasteiger partial charge in [-0.3, -0.25) is 0 Å². The van der Waals surface area contributed by atoms with Crippen molar-refractivity contribution in [2.24, 2.45) is 0 Å². The van der Waals surface area contributed by atoms with E-state index in [1.165, 1.54) is 50.1 Å². The van der Waals surface area contributed by atoms with Crippen molar-refractivity contribution in [1.29, 1.82) is 0 Å². The molecule has 1 aliphatic rings. The predicted molar refractivity (Wildman–Crippen MR) is 77.1 cm³/mol. The Morgan fingerprint density at radius 3 is 2.35 bits per heavy atom. The first kappa shape index (κ1) is 13.4. The Labute approximate surface area is 119 Å². The predicted octanol–water partition coefficient (Wildman–Crippen LogP) is 3.17. The standard InChI is InChI=1S/C15H18N2O2S/c18-20(19,17-12-4-11-16-17)15-9-7-14(8-10-15)13-5-2-1-3-6-13/h4,7-13H,1-3,5-6H2. The van der Waals surface area contributed by atoms with E-state index < -0.39 is 10.0 Å². The maximum atomic E-state index is 12.3. The Balaban J connectivity index is 1.86. The quantitative estimate of drug-likeness (QED) is 0.872. The fourth-order valence-electron chi connectivity index (χ4n) is 2.85. The van der Waals surface area contributed by atoms with Gasteiger partial charge in [-0.05, 0) is 42.5 Å². The van der Waals surface area contributed by atoms with Crippen molar-refractivity contribution >= 4 is 10.0 Å². The fraction of sp³-hybridized carbons (Fsp3) is 0.400. The van der Waals surface area contributed by atoms with E-state index in [4.69, 9.17) is 0 Å². The topological polar surface area (TPSA) is 52.0 Å². The Hall–Kier alpha value is -1.62. The van der Waals surface area contributed by atoms with Gasteiger partial charge in [0.05, 0.1) is 11.1 Å². The lowest BCUT2D eigenvalue weighted by Gasteiger charge is -2.22. The van der Waals surface area contributed by atoms with Gasteiger partial charge < -0.3 is 0 Å². The first-order valence-corrected chi connectivity index (χ1v) is 8.47. The minimum Gasteiger partial charge on any atom is -0.199 e. The van der Waals surface area contributed by atoms with Crippen LogP contribution in [0.15, 0.2) is 47.6 Å². The van der Waals surface area contributed by atoms with Gasteiger partial charge >= 0.3 is 0 Å². The van der Waals surface area contributed by atoms with Crippen LogP contribution in [0.2, 0.25) is 0 Å². The first-order valence-electron chi connectivity index (χ1n) is 7.03. The molecule has 0 spiro atoms. The third-order valence-corrected chi connectivity index (χ3v) is 5.56. The molecule has 5 heteroatoms. The molecule has 0 N–H and O–H groups in total. The van der Waals surface area contributed by atoms with Crippen molar-refractivity contribution in [3.8, 4) is 0 Å². The third-order valence-electron chi connectivity index (χ3n) is 3.98. The zero-order valence-electron chi connectivity index (χ0n) is 11.3. The second-order valence-corrected chi connectivity index (χ2v) is 7.08. The van der Waals surface area contributed by atoms with Crippen LogP contribution in [0.4, 0.5) is 0 Å². The summed E-state index contributed by atoms with van der Waals surface area (Å²) >= 11 is 0. The minimum absolute atomic E-state index is 0.292. The van der Waals surface area contributed by atoms with Gasteiger partial charge in [0.25, 0.3) is 10.0 Å². The maximum absolute atomic E-state index is 12.3. The highest BCUT2D eigenvalue weighted by Gasteiger charge is 2.19. The molecule has 0 bridgehead atoms. The van der Waals surface area contributed by atoms with Crippen LogP contribution < -0.4 is 0 Å². The van der Waals surface area contributed by atoms with E-state index in [2.05, 4.69) is 5.10 Å². The summed E-state index contributed by atoms with van der Waals surface area (Å²) in [6.45, 7) is 0. The molecule has 0 amide bonds. The molecular weight excluding hydrogens is 272 g/mol. The molecule has 1 fully saturated rings. The molecule has 0 radical (unpaired) electrons. The van der Waals surface area contributed by atoms with Crippen molar-refractivity contribution in [2.75, 3.05) is 0 Å². The molecule has 1 heterocycles. The van der Waals surface area contributed by atoms with Gasteiger partial charge in [0.2, 0.25) is 0 Å². The Kier molecular flexibility index (Phi) is 3.61. The van der Waals surface area contributed by atoms with Crippen LogP contribution in [0.25, 0.3) is 0 Å². The van der Waals surface area contributed by atoms with E-state index >= 15 is 0 Å². The summed E-state index contributed by atoms with van der Waals surface area (Å²) in [6.07, 6.45) is 9.22. The van der Waals surface area contributed by atoms with Gasteiger partial charge in [-0.25, -0.2) is 0 Å². The Morgan fingerprint density at radius 1 is 1.05 bits per heavy atom. The molecule has 1 aromatic carbocycles. The lowest BCUT2D eigenvalue weighted by Crippen LogP contribution is -2.13. The van der Waals surface area contributed by atoms with Crippen LogP contribution in [-0.2, 0) is 10.0 Å². The number of aromatic nitrogens is 2. The Morgan fingerprint density at radius 2 is 1.75 bits per heavy atom. The average molecular weight is 290 g/mol. The molecule has 1 saturated carbocycles. The molecule has 106 valence electrons. The third kappa shape index (κ3) is 2.50. The summed E-state index contributed by atoms with van der Waals surface area (Å²) < 4.78 is 25.6. The number of nitrogens with zero attached hydrogens (tertiary/aromatic N) is 2. The SMILES string of the molecule is O=S(=O)(c1ccc(C2CCCCC2)cc1)n1cccn1. The van der Waals surface area contributed by atoms with Crippen LogP contribution in [0.1, 0.15) is 43.6 Å². The van der Waals surface area contributed by atoms with Crippen LogP contribution >= 0.6 is 0 Å². The van der Waals surface area contributed by atoms with Crippen molar-refractivity contribution in [2.45, 2.75) is 42.9 Å². The molecule has 20 heavy (non-hydrogen) atoms. The van der Waals surface area contributed by atoms with E-state index in [-0.39, 0.29) is 0 Å². The Bertz CT molecular complexity index is 654. The van der Waals surface area contributed by atoms with E-state index in [0.717, 1.165) is 4.09 Å². The van der Waals surface area contributed by atoms with E-state index in [1.807, 2.05) is 12.1 Å². The van der Waals surface area contributed by atoms with Gasteiger partial charge in [-0.2, -0.15) is 17.6 Å². The van der Waals surface area contributed by atoms with Crippen LogP contribution in [0, 0.1) is 0 Å². The van der Waals surface area contributed by atoms with E-state index in [9.17, 15) is 8.42 Å². The molecule has 0 atom stereocenters. The number of hydrogen-bond acceptors (Lipinski definition) is 3. The van der Waals surface area contributed by atoms with Crippen molar-refractivity contribution < 1.29 is 8.42 Å². The van der Waals surface area contributed by atoms with Crippen LogP contribution in [0.5, 0.6) is 0 Å². The zero-order valence-corrected chi connectivity index (χ0v) is 12.1. The fourth-order valence-corrected chi connectivity index (χ4v) is 3.96. The summed E-state index contributed by atoms with van der Waals surface area (Å²) in [5.41, 5.74) is 1.25. The van der Waals surface area contributed by atoms with Gasteiger partial charge in [0, 0.05) is 6.20 Å². The minimum atomic E-state index is -3.54. The molecule has 0 unspecified atom stereocenters. The molecule has 1 aromatic heterocycles.